The van der Waals surface area contributed by atoms with Crippen LogP contribution in [0.25, 0.3) is 10.9 Å². The van der Waals surface area contributed by atoms with E-state index in [9.17, 15) is 26.3 Å². The Hall–Kier alpha value is -2.92. The lowest BCUT2D eigenvalue weighted by atomic mass is 9.72. The predicted octanol–water partition coefficient (Wildman–Crippen LogP) is 7.42. The number of hydrogen-bond acceptors (Lipinski definition) is 3. The molecule has 0 spiro atoms. The molecule has 3 aromatic rings. The highest BCUT2D eigenvalue weighted by atomic mass is 32.1. The lowest BCUT2D eigenvalue weighted by Gasteiger charge is -2.52. The first kappa shape index (κ1) is 27.6. The summed E-state index contributed by atoms with van der Waals surface area (Å²) in [7, 11) is 0. The fourth-order valence-electron chi connectivity index (χ4n) is 6.09. The van der Waals surface area contributed by atoms with Gasteiger partial charge in [0, 0.05) is 29.9 Å². The Balaban J connectivity index is 1.48. The third-order valence-electron chi connectivity index (χ3n) is 8.00. The molecule has 5 atom stereocenters. The highest BCUT2D eigenvalue weighted by Gasteiger charge is 2.43. The van der Waals surface area contributed by atoms with E-state index in [-0.39, 0.29) is 28.9 Å². The summed E-state index contributed by atoms with van der Waals surface area (Å²) in [6.07, 6.45) is -5.09. The van der Waals surface area contributed by atoms with E-state index in [4.69, 9.17) is 12.2 Å². The van der Waals surface area contributed by atoms with Gasteiger partial charge in [-0.2, -0.15) is 26.3 Å². The third-order valence-corrected chi connectivity index (χ3v) is 8.22. The van der Waals surface area contributed by atoms with E-state index < -0.39 is 23.5 Å². The molecule has 11 heteroatoms. The molecule has 2 bridgehead atoms. The molecule has 2 aromatic carbocycles. The van der Waals surface area contributed by atoms with Crippen LogP contribution in [0.1, 0.15) is 48.9 Å². The highest BCUT2D eigenvalue weighted by molar-refractivity contribution is 7.80. The van der Waals surface area contributed by atoms with Gasteiger partial charge in [-0.1, -0.05) is 31.5 Å². The van der Waals surface area contributed by atoms with Crippen molar-refractivity contribution in [3.05, 3.63) is 71.4 Å². The minimum absolute atomic E-state index is 0.0457. The lowest BCUT2D eigenvalue weighted by Crippen LogP contribution is -2.58. The van der Waals surface area contributed by atoms with Crippen LogP contribution in [0.3, 0.4) is 0 Å². The number of para-hydroxylation sites is 1. The summed E-state index contributed by atoms with van der Waals surface area (Å²) in [5.41, 5.74) is -1.48. The number of fused-ring (bicyclic) bond motifs is 4. The number of anilines is 1. The number of nitrogens with zero attached hydrogens (tertiary/aromatic N) is 2. The second-order valence-corrected chi connectivity index (χ2v) is 10.7. The van der Waals surface area contributed by atoms with Gasteiger partial charge in [-0.25, -0.2) is 0 Å². The number of nitrogens with one attached hydrogen (secondary N) is 2. The normalized spacial score (nSPS) is 24.0. The highest BCUT2D eigenvalue weighted by Crippen LogP contribution is 2.43. The maximum atomic E-state index is 13.4. The summed E-state index contributed by atoms with van der Waals surface area (Å²) in [4.78, 5) is 6.88. The molecule has 208 valence electrons. The van der Waals surface area contributed by atoms with Crippen LogP contribution >= 0.6 is 12.2 Å². The van der Waals surface area contributed by atoms with Gasteiger partial charge in [0.2, 0.25) is 0 Å². The number of halogens is 6. The Morgan fingerprint density at radius 3 is 2.36 bits per heavy atom. The van der Waals surface area contributed by atoms with Crippen molar-refractivity contribution in [2.75, 3.05) is 18.4 Å². The number of rotatable bonds is 5. The van der Waals surface area contributed by atoms with E-state index >= 15 is 0 Å². The maximum Gasteiger partial charge on any atom is 0.416 e. The minimum atomic E-state index is -4.95. The second-order valence-electron chi connectivity index (χ2n) is 10.3. The van der Waals surface area contributed by atoms with Crippen LogP contribution in [0, 0.1) is 11.8 Å². The first-order valence-corrected chi connectivity index (χ1v) is 13.3. The van der Waals surface area contributed by atoms with E-state index in [1.807, 2.05) is 30.3 Å². The number of benzene rings is 2. The van der Waals surface area contributed by atoms with Gasteiger partial charge in [-0.15, -0.1) is 0 Å². The molecule has 0 radical (unpaired) electrons. The average molecular weight is 567 g/mol. The molecule has 3 saturated heterocycles. The van der Waals surface area contributed by atoms with Crippen LogP contribution in [0.4, 0.5) is 32.0 Å². The zero-order valence-corrected chi connectivity index (χ0v) is 21.9. The summed E-state index contributed by atoms with van der Waals surface area (Å²) >= 11 is 5.49. The molecular weight excluding hydrogens is 538 g/mol. The van der Waals surface area contributed by atoms with E-state index in [2.05, 4.69) is 27.4 Å². The molecule has 3 aliphatic heterocycles. The van der Waals surface area contributed by atoms with Crippen LogP contribution in [0.5, 0.6) is 0 Å². The molecule has 3 fully saturated rings. The SMILES string of the molecule is CCC1CN2CCC1CC2[C@@H](NC(=S)Nc1cc(C(F)(F)F)cc(C(F)(F)F)c1)c1ccnc2ccccc12. The number of piperidine rings is 3. The van der Waals surface area contributed by atoms with E-state index in [0.29, 0.717) is 24.0 Å². The molecule has 4 unspecified atom stereocenters. The molecule has 0 saturated carbocycles. The molecule has 4 nitrogen and oxygen atoms in total. The quantitative estimate of drug-likeness (QED) is 0.249. The van der Waals surface area contributed by atoms with Gasteiger partial charge >= 0.3 is 12.4 Å². The first-order valence-electron chi connectivity index (χ1n) is 12.9. The molecule has 0 amide bonds. The lowest BCUT2D eigenvalue weighted by molar-refractivity contribution is -0.143. The fourth-order valence-corrected chi connectivity index (χ4v) is 6.34. The monoisotopic (exact) mass is 566 g/mol. The van der Waals surface area contributed by atoms with E-state index in [0.717, 1.165) is 48.8 Å². The van der Waals surface area contributed by atoms with Gasteiger partial charge < -0.3 is 10.6 Å². The largest absolute Gasteiger partial charge is 0.416 e. The first-order chi connectivity index (χ1) is 18.4. The zero-order chi connectivity index (χ0) is 27.9. The van der Waals surface area contributed by atoms with Crippen molar-refractivity contribution < 1.29 is 26.3 Å². The summed E-state index contributed by atoms with van der Waals surface area (Å²) in [6, 6.07) is 10.6. The van der Waals surface area contributed by atoms with Crippen LogP contribution in [0.2, 0.25) is 0 Å². The second kappa shape index (κ2) is 10.6. The Morgan fingerprint density at radius 1 is 1.05 bits per heavy atom. The Bertz CT molecular complexity index is 1320. The van der Waals surface area contributed by atoms with Crippen LogP contribution in [-0.4, -0.2) is 34.1 Å². The van der Waals surface area contributed by atoms with Crippen molar-refractivity contribution in [3.8, 4) is 0 Å². The van der Waals surface area contributed by atoms with Gasteiger partial charge in [0.1, 0.15) is 0 Å². The number of thiocarbonyl (C=S) groups is 1. The molecule has 4 heterocycles. The van der Waals surface area contributed by atoms with E-state index in [1.54, 1.807) is 6.20 Å². The van der Waals surface area contributed by atoms with Crippen molar-refractivity contribution in [1.29, 1.82) is 0 Å². The number of alkyl halides is 6. The van der Waals surface area contributed by atoms with Crippen LogP contribution < -0.4 is 10.6 Å². The zero-order valence-electron chi connectivity index (χ0n) is 21.1. The van der Waals surface area contributed by atoms with Gasteiger partial charge in [-0.3, -0.25) is 9.88 Å². The standard InChI is InChI=1S/C28H28F6N4S/c1-2-16-15-38-10-8-17(16)11-24(38)25(22-7-9-35-23-6-4-3-5-21(22)23)37-26(39)36-20-13-18(27(29,30)31)12-19(14-20)28(32,33)34/h3-7,9,12-14,16-17,24-25H,2,8,10-11,15H2,1H3,(H2,36,37,39)/t16?,17?,24?,25-/m0/s1. The summed E-state index contributed by atoms with van der Waals surface area (Å²) in [6.45, 7) is 4.06. The van der Waals surface area contributed by atoms with Gasteiger partial charge in [0.25, 0.3) is 0 Å². The van der Waals surface area contributed by atoms with Crippen molar-refractivity contribution in [2.24, 2.45) is 11.8 Å². The molecule has 0 aliphatic carbocycles. The molecule has 1 aromatic heterocycles. The van der Waals surface area contributed by atoms with Gasteiger partial charge in [-0.05, 0) is 79.3 Å². The summed E-state index contributed by atoms with van der Waals surface area (Å²) < 4.78 is 80.3. The Kier molecular flexibility index (Phi) is 7.49. The molecule has 6 rings (SSSR count). The predicted molar refractivity (Wildman–Crippen MR) is 142 cm³/mol. The number of hydrogen-bond donors (Lipinski definition) is 2. The van der Waals surface area contributed by atoms with E-state index in [1.165, 1.54) is 0 Å². The topological polar surface area (TPSA) is 40.2 Å². The smallest absolute Gasteiger partial charge is 0.354 e. The summed E-state index contributed by atoms with van der Waals surface area (Å²) in [5, 5.41) is 6.73. The number of aromatic nitrogens is 1. The summed E-state index contributed by atoms with van der Waals surface area (Å²) in [5.74, 6) is 1.14. The van der Waals surface area contributed by atoms with Crippen molar-refractivity contribution in [2.45, 2.75) is 50.6 Å². The third kappa shape index (κ3) is 5.84. The molecular formula is C28H28F6N4S. The number of pyridine rings is 1. The van der Waals surface area contributed by atoms with Crippen molar-refractivity contribution in [1.82, 2.24) is 15.2 Å². The average Bonchev–Trinajstić information content (AvgIpc) is 2.90. The molecule has 2 N–H and O–H groups in total. The minimum Gasteiger partial charge on any atom is -0.354 e. The molecule has 39 heavy (non-hydrogen) atoms. The molecule has 3 aliphatic rings. The maximum absolute atomic E-state index is 13.4. The van der Waals surface area contributed by atoms with Crippen LogP contribution in [-0.2, 0) is 12.4 Å². The Labute approximate surface area is 227 Å². The van der Waals surface area contributed by atoms with Crippen molar-refractivity contribution >= 4 is 33.9 Å². The van der Waals surface area contributed by atoms with Gasteiger partial charge in [0.05, 0.1) is 22.7 Å². The van der Waals surface area contributed by atoms with Crippen LogP contribution in [0.15, 0.2) is 54.7 Å². The van der Waals surface area contributed by atoms with Crippen molar-refractivity contribution in [3.63, 3.8) is 0 Å². The Morgan fingerprint density at radius 2 is 1.74 bits per heavy atom. The fraction of sp³-hybridized carbons (Fsp3) is 0.429. The van der Waals surface area contributed by atoms with Gasteiger partial charge in [0.15, 0.2) is 5.11 Å².